The molecule has 1 aliphatic heterocycles. The lowest BCUT2D eigenvalue weighted by atomic mass is 9.98. The molecule has 1 aromatic carbocycles. The molecule has 1 aliphatic carbocycles. The number of anilines is 1. The maximum atomic E-state index is 13.4. The molecule has 2 aliphatic rings. The summed E-state index contributed by atoms with van der Waals surface area (Å²) >= 11 is 0. The molecular formula is C27H34N6O4S. The van der Waals surface area contributed by atoms with Crippen LogP contribution in [0.1, 0.15) is 70.8 Å². The first-order valence-corrected chi connectivity index (χ1v) is 14.7. The molecule has 5 rings (SSSR count). The first-order valence-electron chi connectivity index (χ1n) is 13.2. The maximum absolute atomic E-state index is 13.4. The Balaban J connectivity index is 1.29. The van der Waals surface area contributed by atoms with E-state index < -0.39 is 15.9 Å². The number of benzene rings is 1. The monoisotopic (exact) mass is 538 g/mol. The van der Waals surface area contributed by atoms with Crippen LogP contribution in [0, 0.1) is 19.8 Å². The molecule has 3 N–H and O–H groups in total. The van der Waals surface area contributed by atoms with Gasteiger partial charge in [0, 0.05) is 25.0 Å². The van der Waals surface area contributed by atoms with Crippen LogP contribution in [0.3, 0.4) is 0 Å². The maximum Gasteiger partial charge on any atom is 0.267 e. The van der Waals surface area contributed by atoms with Crippen molar-refractivity contribution in [2.45, 2.75) is 64.2 Å². The normalized spacial score (nSPS) is 17.7. The van der Waals surface area contributed by atoms with Crippen LogP contribution in [0.25, 0.3) is 10.9 Å². The predicted octanol–water partition coefficient (Wildman–Crippen LogP) is 3.38. The van der Waals surface area contributed by atoms with E-state index in [0.717, 1.165) is 44.2 Å². The van der Waals surface area contributed by atoms with Gasteiger partial charge < -0.3 is 11.1 Å². The number of sulfonamides is 1. The van der Waals surface area contributed by atoms with Gasteiger partial charge in [-0.2, -0.15) is 5.10 Å². The molecule has 0 spiro atoms. The van der Waals surface area contributed by atoms with Gasteiger partial charge in [-0.15, -0.1) is 0 Å². The molecule has 38 heavy (non-hydrogen) atoms. The number of primary amides is 1. The van der Waals surface area contributed by atoms with Crippen molar-refractivity contribution >= 4 is 38.4 Å². The summed E-state index contributed by atoms with van der Waals surface area (Å²) in [7, 11) is -3.20. The van der Waals surface area contributed by atoms with Crippen molar-refractivity contribution in [1.29, 1.82) is 0 Å². The van der Waals surface area contributed by atoms with E-state index in [1.165, 1.54) is 6.07 Å². The summed E-state index contributed by atoms with van der Waals surface area (Å²) in [4.78, 5) is 29.4. The van der Waals surface area contributed by atoms with E-state index in [1.54, 1.807) is 22.5 Å². The van der Waals surface area contributed by atoms with Crippen LogP contribution >= 0.6 is 0 Å². The number of rotatable bonds is 7. The number of nitrogens with one attached hydrogen (secondary N) is 1. The first-order chi connectivity index (χ1) is 18.1. The number of aromatic nitrogens is 3. The van der Waals surface area contributed by atoms with Crippen LogP contribution in [0.4, 0.5) is 5.69 Å². The topological polar surface area (TPSA) is 140 Å². The summed E-state index contributed by atoms with van der Waals surface area (Å²) < 4.78 is 29.5. The predicted molar refractivity (Wildman–Crippen MR) is 145 cm³/mol. The van der Waals surface area contributed by atoms with Gasteiger partial charge >= 0.3 is 0 Å². The lowest BCUT2D eigenvalue weighted by Gasteiger charge is -2.33. The molecule has 0 bridgehead atoms. The van der Waals surface area contributed by atoms with Crippen LogP contribution in [0.5, 0.6) is 0 Å². The van der Waals surface area contributed by atoms with Gasteiger partial charge in [0.05, 0.1) is 33.4 Å². The van der Waals surface area contributed by atoms with Crippen LogP contribution in [-0.2, 0) is 16.6 Å². The molecule has 10 nitrogen and oxygen atoms in total. The summed E-state index contributed by atoms with van der Waals surface area (Å²) in [5, 5.41) is 8.06. The molecule has 1 saturated heterocycles. The van der Waals surface area contributed by atoms with E-state index in [-0.39, 0.29) is 16.9 Å². The van der Waals surface area contributed by atoms with Gasteiger partial charge in [-0.05, 0) is 57.6 Å². The molecule has 3 aromatic rings. The quantitative estimate of drug-likeness (QED) is 0.473. The number of carbonyl (C=O) groups is 2. The second-order valence-corrected chi connectivity index (χ2v) is 12.6. The zero-order chi connectivity index (χ0) is 27.0. The molecule has 2 aromatic heterocycles. The van der Waals surface area contributed by atoms with E-state index in [4.69, 9.17) is 5.73 Å². The van der Waals surface area contributed by atoms with Crippen molar-refractivity contribution in [3.05, 3.63) is 53.0 Å². The average Bonchev–Trinajstić information content (AvgIpc) is 3.54. The SMILES string of the molecule is Cc1nn(CC2CCN(S(=O)(=O)C3CCCC3)CC2)c(C)c1NC(=O)c1cc(C(N)=O)nc2ccccc12. The second kappa shape index (κ2) is 10.5. The Morgan fingerprint density at radius 2 is 1.76 bits per heavy atom. The van der Waals surface area contributed by atoms with E-state index in [2.05, 4.69) is 15.4 Å². The zero-order valence-electron chi connectivity index (χ0n) is 21.8. The zero-order valence-corrected chi connectivity index (χ0v) is 22.6. The minimum atomic E-state index is -3.20. The number of para-hydroxylation sites is 1. The standard InChI is InChI=1S/C27H34N6O4S/c1-17-25(30-27(35)22-15-24(26(28)34)29-23-10-6-5-9-21(22)23)18(2)33(31-17)16-19-11-13-32(14-12-19)38(36,37)20-7-3-4-8-20/h5-6,9-10,15,19-20H,3-4,7-8,11-14,16H2,1-2H3,(H2,28,34)(H,30,35). The molecule has 202 valence electrons. The van der Waals surface area contributed by atoms with Crippen molar-refractivity contribution in [3.8, 4) is 0 Å². The number of aryl methyl sites for hydroxylation is 1. The lowest BCUT2D eigenvalue weighted by molar-refractivity contribution is 0.0996. The Labute approximate surface area is 222 Å². The molecule has 2 amide bonds. The number of hydrogen-bond acceptors (Lipinski definition) is 6. The van der Waals surface area contributed by atoms with Crippen molar-refractivity contribution in [1.82, 2.24) is 19.1 Å². The Bertz CT molecular complexity index is 1480. The smallest absolute Gasteiger partial charge is 0.267 e. The largest absolute Gasteiger partial charge is 0.364 e. The number of pyridine rings is 1. The highest BCUT2D eigenvalue weighted by Crippen LogP contribution is 2.31. The van der Waals surface area contributed by atoms with E-state index in [1.807, 2.05) is 24.6 Å². The van der Waals surface area contributed by atoms with Gasteiger partial charge in [-0.1, -0.05) is 31.0 Å². The highest BCUT2D eigenvalue weighted by atomic mass is 32.2. The molecule has 2 fully saturated rings. The van der Waals surface area contributed by atoms with Gasteiger partial charge in [-0.3, -0.25) is 14.3 Å². The van der Waals surface area contributed by atoms with Crippen LogP contribution in [-0.4, -0.2) is 57.6 Å². The molecule has 0 radical (unpaired) electrons. The number of carbonyl (C=O) groups excluding carboxylic acids is 2. The van der Waals surface area contributed by atoms with Crippen LogP contribution in [0.15, 0.2) is 30.3 Å². The average molecular weight is 539 g/mol. The number of amides is 2. The molecule has 0 unspecified atom stereocenters. The molecule has 1 saturated carbocycles. The van der Waals surface area contributed by atoms with E-state index >= 15 is 0 Å². The summed E-state index contributed by atoms with van der Waals surface area (Å²) in [5.41, 5.74) is 8.43. The Kier molecular flexibility index (Phi) is 7.23. The highest BCUT2D eigenvalue weighted by Gasteiger charge is 2.36. The van der Waals surface area contributed by atoms with Gasteiger partial charge in [0.2, 0.25) is 10.0 Å². The third kappa shape index (κ3) is 5.04. The summed E-state index contributed by atoms with van der Waals surface area (Å²) in [6.45, 7) is 5.50. The highest BCUT2D eigenvalue weighted by molar-refractivity contribution is 7.89. The summed E-state index contributed by atoms with van der Waals surface area (Å²) in [6.07, 6.45) is 5.13. The van der Waals surface area contributed by atoms with Gasteiger partial charge in [0.15, 0.2) is 0 Å². The third-order valence-electron chi connectivity index (χ3n) is 7.92. The fourth-order valence-electron chi connectivity index (χ4n) is 5.71. The van der Waals surface area contributed by atoms with Crippen molar-refractivity contribution in [3.63, 3.8) is 0 Å². The number of nitrogens with zero attached hydrogens (tertiary/aromatic N) is 4. The molecule has 3 heterocycles. The Hall–Kier alpha value is -3.31. The second-order valence-electron chi connectivity index (χ2n) is 10.4. The molecule has 0 atom stereocenters. The third-order valence-corrected chi connectivity index (χ3v) is 10.3. The first kappa shape index (κ1) is 26.3. The van der Waals surface area contributed by atoms with Crippen molar-refractivity contribution in [2.75, 3.05) is 18.4 Å². The van der Waals surface area contributed by atoms with Gasteiger partial charge in [0.25, 0.3) is 11.8 Å². The van der Waals surface area contributed by atoms with Gasteiger partial charge in [0.1, 0.15) is 5.69 Å². The molecule has 11 heteroatoms. The van der Waals surface area contributed by atoms with Crippen LogP contribution < -0.4 is 11.1 Å². The van der Waals surface area contributed by atoms with E-state index in [0.29, 0.717) is 53.4 Å². The minimum absolute atomic E-state index is 0.0271. The fraction of sp³-hybridized carbons (Fsp3) is 0.481. The summed E-state index contributed by atoms with van der Waals surface area (Å²) in [6, 6.07) is 8.53. The Morgan fingerprint density at radius 1 is 1.08 bits per heavy atom. The van der Waals surface area contributed by atoms with Gasteiger partial charge in [-0.25, -0.2) is 17.7 Å². The number of hydrogen-bond donors (Lipinski definition) is 2. The lowest BCUT2D eigenvalue weighted by Crippen LogP contribution is -2.43. The van der Waals surface area contributed by atoms with E-state index in [9.17, 15) is 18.0 Å². The fourth-order valence-corrected chi connectivity index (χ4v) is 7.78. The number of nitrogens with two attached hydrogens (primary N) is 1. The Morgan fingerprint density at radius 3 is 2.45 bits per heavy atom. The van der Waals surface area contributed by atoms with Crippen LogP contribution in [0.2, 0.25) is 0 Å². The number of fused-ring (bicyclic) bond motifs is 1. The van der Waals surface area contributed by atoms with Crippen molar-refractivity contribution in [2.24, 2.45) is 11.7 Å². The summed E-state index contributed by atoms with van der Waals surface area (Å²) in [5.74, 6) is -0.775. The molecular weight excluding hydrogens is 504 g/mol. The van der Waals surface area contributed by atoms with Crippen molar-refractivity contribution < 1.29 is 18.0 Å². The minimum Gasteiger partial charge on any atom is -0.364 e. The number of piperidine rings is 1.